The largest absolute Gasteiger partial charge is 0.495 e. The molecule has 0 radical (unpaired) electrons. The van der Waals surface area contributed by atoms with Gasteiger partial charge in [0.25, 0.3) is 11.7 Å². The van der Waals surface area contributed by atoms with Gasteiger partial charge in [-0.2, -0.15) is 0 Å². The maximum Gasteiger partial charge on any atom is 0.378 e. The van der Waals surface area contributed by atoms with Gasteiger partial charge < -0.3 is 23.9 Å². The fourth-order valence-corrected chi connectivity index (χ4v) is 3.20. The molecule has 0 saturated carbocycles. The van der Waals surface area contributed by atoms with Crippen LogP contribution >= 0.6 is 11.6 Å². The van der Waals surface area contributed by atoms with Crippen molar-refractivity contribution < 1.29 is 32.6 Å². The average molecular weight is 490 g/mol. The summed E-state index contributed by atoms with van der Waals surface area (Å²) in [4.78, 5) is 37.9. The summed E-state index contributed by atoms with van der Waals surface area (Å²) >= 11 is 5.90. The third-order valence-corrected chi connectivity index (χ3v) is 5.02. The van der Waals surface area contributed by atoms with Crippen LogP contribution in [0, 0.1) is 5.82 Å². The Balaban J connectivity index is 1.86. The van der Waals surface area contributed by atoms with Crippen LogP contribution in [0.4, 0.5) is 4.39 Å². The molecule has 0 aliphatic carbocycles. The lowest BCUT2D eigenvalue weighted by Crippen LogP contribution is -2.30. The third-order valence-electron chi connectivity index (χ3n) is 4.67. The number of ether oxygens (including phenoxy) is 3. The highest BCUT2D eigenvalue weighted by atomic mass is 35.5. The lowest BCUT2D eigenvalue weighted by molar-refractivity contribution is 0.0477. The molecule has 0 atom stereocenters. The SMILES string of the molecule is CCOC(=O)c1occ(C(=O)NCc2ccc(OC)c(Cl)c2F)c(=O)c1OCc1ccccc1. The molecule has 3 aromatic rings. The van der Waals surface area contributed by atoms with Gasteiger partial charge in [0.1, 0.15) is 29.2 Å². The van der Waals surface area contributed by atoms with E-state index in [2.05, 4.69) is 5.32 Å². The molecule has 0 saturated heterocycles. The predicted octanol–water partition coefficient (Wildman–Crippen LogP) is 4.13. The van der Waals surface area contributed by atoms with Crippen LogP contribution in [0.15, 0.2) is 57.9 Å². The van der Waals surface area contributed by atoms with E-state index in [-0.39, 0.29) is 36.1 Å². The number of hydrogen-bond acceptors (Lipinski definition) is 7. The smallest absolute Gasteiger partial charge is 0.378 e. The van der Waals surface area contributed by atoms with Gasteiger partial charge in [-0.15, -0.1) is 0 Å². The summed E-state index contributed by atoms with van der Waals surface area (Å²) < 4.78 is 35.1. The van der Waals surface area contributed by atoms with Gasteiger partial charge in [-0.1, -0.05) is 48.0 Å². The summed E-state index contributed by atoms with van der Waals surface area (Å²) in [6, 6.07) is 11.7. The predicted molar refractivity (Wildman–Crippen MR) is 121 cm³/mol. The topological polar surface area (TPSA) is 104 Å². The maximum absolute atomic E-state index is 14.4. The summed E-state index contributed by atoms with van der Waals surface area (Å²) in [5, 5.41) is 2.19. The molecular weight excluding hydrogens is 469 g/mol. The van der Waals surface area contributed by atoms with E-state index >= 15 is 0 Å². The Bertz CT molecular complexity index is 1240. The Hall–Kier alpha value is -3.85. The number of methoxy groups -OCH3 is 1. The summed E-state index contributed by atoms with van der Waals surface area (Å²) in [7, 11) is 1.35. The van der Waals surface area contributed by atoms with Crippen LogP contribution < -0.4 is 20.2 Å². The van der Waals surface area contributed by atoms with Crippen molar-refractivity contribution in [3.05, 3.63) is 92.2 Å². The average Bonchev–Trinajstić information content (AvgIpc) is 2.84. The fraction of sp³-hybridized carbons (Fsp3) is 0.208. The minimum atomic E-state index is -0.912. The van der Waals surface area contributed by atoms with Crippen molar-refractivity contribution >= 4 is 23.5 Å². The van der Waals surface area contributed by atoms with Crippen LogP contribution in [0.2, 0.25) is 5.02 Å². The van der Waals surface area contributed by atoms with E-state index in [1.165, 1.54) is 19.2 Å². The van der Waals surface area contributed by atoms with Crippen LogP contribution in [0.5, 0.6) is 11.5 Å². The summed E-state index contributed by atoms with van der Waals surface area (Å²) in [5.74, 6) is -3.33. The molecular formula is C24H21ClFNO7. The van der Waals surface area contributed by atoms with Gasteiger partial charge in [-0.25, -0.2) is 9.18 Å². The molecule has 8 nitrogen and oxygen atoms in total. The maximum atomic E-state index is 14.4. The van der Waals surface area contributed by atoms with Crippen molar-refractivity contribution in [3.8, 4) is 11.5 Å². The number of benzene rings is 2. The molecule has 3 rings (SSSR count). The van der Waals surface area contributed by atoms with Gasteiger partial charge in [-0.3, -0.25) is 9.59 Å². The van der Waals surface area contributed by atoms with E-state index in [4.69, 9.17) is 30.2 Å². The third kappa shape index (κ3) is 5.55. The molecule has 1 heterocycles. The standard InChI is InChI=1S/C24H21ClFNO7/c1-3-32-24(30)22-21(33-12-14-7-5-4-6-8-14)20(28)16(13-34-22)23(29)27-11-15-9-10-17(31-2)18(25)19(15)26/h4-10,13H,3,11-12H2,1-2H3,(H,27,29). The summed E-state index contributed by atoms with van der Waals surface area (Å²) in [5.41, 5.74) is -0.516. The highest BCUT2D eigenvalue weighted by molar-refractivity contribution is 6.32. The first kappa shape index (κ1) is 24.8. The van der Waals surface area contributed by atoms with E-state index in [0.29, 0.717) is 0 Å². The molecule has 0 unspecified atom stereocenters. The number of amides is 1. The van der Waals surface area contributed by atoms with Crippen molar-refractivity contribution in [2.24, 2.45) is 0 Å². The van der Waals surface area contributed by atoms with Crippen molar-refractivity contribution in [1.29, 1.82) is 0 Å². The number of nitrogens with one attached hydrogen (secondary N) is 1. The van der Waals surface area contributed by atoms with Crippen LogP contribution in [-0.2, 0) is 17.9 Å². The Kier molecular flexibility index (Phi) is 8.26. The van der Waals surface area contributed by atoms with Crippen molar-refractivity contribution in [2.75, 3.05) is 13.7 Å². The zero-order valence-corrected chi connectivity index (χ0v) is 19.1. The zero-order chi connectivity index (χ0) is 24.7. The zero-order valence-electron chi connectivity index (χ0n) is 18.4. The molecule has 0 aliphatic rings. The summed E-state index contributed by atoms with van der Waals surface area (Å²) in [6.45, 7) is 1.30. The molecule has 0 aliphatic heterocycles. The fourth-order valence-electron chi connectivity index (χ4n) is 2.94. The number of esters is 1. The van der Waals surface area contributed by atoms with Crippen LogP contribution in [0.1, 0.15) is 39.0 Å². The molecule has 1 aromatic heterocycles. The van der Waals surface area contributed by atoms with E-state index in [9.17, 15) is 18.8 Å². The normalized spacial score (nSPS) is 10.5. The van der Waals surface area contributed by atoms with Crippen molar-refractivity contribution in [3.63, 3.8) is 0 Å². The minimum absolute atomic E-state index is 0.0406. The van der Waals surface area contributed by atoms with Gasteiger partial charge in [0, 0.05) is 12.1 Å². The minimum Gasteiger partial charge on any atom is -0.495 e. The Morgan fingerprint density at radius 2 is 1.88 bits per heavy atom. The van der Waals surface area contributed by atoms with Gasteiger partial charge in [0.2, 0.25) is 11.2 Å². The Morgan fingerprint density at radius 3 is 2.56 bits per heavy atom. The number of halogens is 2. The first-order chi connectivity index (χ1) is 16.4. The van der Waals surface area contributed by atoms with E-state index in [1.54, 1.807) is 31.2 Å². The van der Waals surface area contributed by atoms with E-state index in [0.717, 1.165) is 11.8 Å². The lowest BCUT2D eigenvalue weighted by atomic mass is 10.2. The van der Waals surface area contributed by atoms with Crippen LogP contribution in [-0.4, -0.2) is 25.6 Å². The molecule has 0 spiro atoms. The van der Waals surface area contributed by atoms with Crippen molar-refractivity contribution in [1.82, 2.24) is 5.32 Å². The second-order valence-electron chi connectivity index (χ2n) is 6.87. The van der Waals surface area contributed by atoms with E-state index < -0.39 is 40.2 Å². The number of rotatable bonds is 9. The monoisotopic (exact) mass is 489 g/mol. The molecule has 34 heavy (non-hydrogen) atoms. The Morgan fingerprint density at radius 1 is 1.15 bits per heavy atom. The molecule has 2 aromatic carbocycles. The van der Waals surface area contributed by atoms with Gasteiger partial charge >= 0.3 is 5.97 Å². The van der Waals surface area contributed by atoms with Crippen LogP contribution in [0.3, 0.4) is 0 Å². The van der Waals surface area contributed by atoms with E-state index in [1.807, 2.05) is 6.07 Å². The first-order valence-electron chi connectivity index (χ1n) is 10.2. The van der Waals surface area contributed by atoms with Gasteiger partial charge in [-0.05, 0) is 18.6 Å². The lowest BCUT2D eigenvalue weighted by Gasteiger charge is -2.12. The van der Waals surface area contributed by atoms with Gasteiger partial charge in [0.05, 0.1) is 13.7 Å². The molecule has 10 heteroatoms. The van der Waals surface area contributed by atoms with Crippen molar-refractivity contribution in [2.45, 2.75) is 20.1 Å². The quantitative estimate of drug-likeness (QED) is 0.451. The second-order valence-corrected chi connectivity index (χ2v) is 7.25. The number of carbonyl (C=O) groups excluding carboxylic acids is 2. The molecule has 1 N–H and O–H groups in total. The highest BCUT2D eigenvalue weighted by Gasteiger charge is 2.26. The highest BCUT2D eigenvalue weighted by Crippen LogP contribution is 2.29. The van der Waals surface area contributed by atoms with Crippen LogP contribution in [0.25, 0.3) is 0 Å². The number of carbonyl (C=O) groups is 2. The molecule has 178 valence electrons. The molecule has 0 bridgehead atoms. The Labute approximate surface area is 199 Å². The molecule has 0 fully saturated rings. The summed E-state index contributed by atoms with van der Waals surface area (Å²) in [6.07, 6.45) is 0.830. The molecule has 1 amide bonds. The van der Waals surface area contributed by atoms with Gasteiger partial charge in [0.15, 0.2) is 5.82 Å². The second kappa shape index (κ2) is 11.3. The number of hydrogen-bond donors (Lipinski definition) is 1. The first-order valence-corrected chi connectivity index (χ1v) is 10.5.